The topological polar surface area (TPSA) is 39.2 Å². The summed E-state index contributed by atoms with van der Waals surface area (Å²) in [6.45, 7) is 3.72. The van der Waals surface area contributed by atoms with E-state index in [0.717, 1.165) is 5.56 Å². The smallest absolute Gasteiger partial charge is 0.358 e. The number of nitrogens with zero attached hydrogens (tertiary/aromatic N) is 1. The molecule has 0 aromatic carbocycles. The molecule has 0 fully saturated rings. The number of carbonyl (C=O) groups excluding carboxylic acids is 1. The van der Waals surface area contributed by atoms with Gasteiger partial charge in [0.25, 0.3) is 0 Å². The maximum absolute atomic E-state index is 11.2. The fraction of sp³-hybridized carbons (Fsp3) is 0.333. The Morgan fingerprint density at radius 3 is 2.92 bits per heavy atom. The zero-order valence-electron chi connectivity index (χ0n) is 7.00. The summed E-state index contributed by atoms with van der Waals surface area (Å²) in [6, 6.07) is 3.68. The summed E-state index contributed by atoms with van der Waals surface area (Å²) in [6.07, 6.45) is 1.60. The van der Waals surface area contributed by atoms with Crippen molar-refractivity contribution in [1.29, 1.82) is 0 Å². The Morgan fingerprint density at radius 2 is 2.25 bits per heavy atom. The molecule has 0 atom stereocenters. The lowest BCUT2D eigenvalue weighted by atomic mass is 10.00. The maximum Gasteiger partial charge on any atom is 0.358 e. The number of cyclic esters (lactones) is 1. The summed E-state index contributed by atoms with van der Waals surface area (Å²) >= 11 is 0. The lowest BCUT2D eigenvalue weighted by molar-refractivity contribution is 0.00934. The van der Waals surface area contributed by atoms with Gasteiger partial charge in [-0.3, -0.25) is 0 Å². The van der Waals surface area contributed by atoms with Crippen molar-refractivity contribution in [1.82, 2.24) is 4.98 Å². The van der Waals surface area contributed by atoms with Crippen molar-refractivity contribution in [3.05, 3.63) is 29.6 Å². The van der Waals surface area contributed by atoms with Gasteiger partial charge in [-0.15, -0.1) is 0 Å². The number of carbonyl (C=O) groups is 1. The van der Waals surface area contributed by atoms with E-state index in [1.807, 2.05) is 26.0 Å². The third kappa shape index (κ3) is 0.826. The Hall–Kier alpha value is -1.38. The number of ether oxygens (including phenoxy) is 1. The molecule has 2 rings (SSSR count). The van der Waals surface area contributed by atoms with E-state index >= 15 is 0 Å². The Morgan fingerprint density at radius 1 is 1.50 bits per heavy atom. The molecule has 0 radical (unpaired) electrons. The van der Waals surface area contributed by atoms with Crippen LogP contribution in [0.3, 0.4) is 0 Å². The molecule has 12 heavy (non-hydrogen) atoms. The number of fused-ring (bicyclic) bond motifs is 1. The molecular weight excluding hydrogens is 154 g/mol. The molecule has 0 N–H and O–H groups in total. The van der Waals surface area contributed by atoms with E-state index in [2.05, 4.69) is 4.98 Å². The van der Waals surface area contributed by atoms with Gasteiger partial charge in [0, 0.05) is 11.8 Å². The van der Waals surface area contributed by atoms with Crippen LogP contribution in [0.25, 0.3) is 0 Å². The van der Waals surface area contributed by atoms with Crippen LogP contribution in [0.2, 0.25) is 0 Å². The van der Waals surface area contributed by atoms with Crippen molar-refractivity contribution >= 4 is 5.97 Å². The average molecular weight is 163 g/mol. The van der Waals surface area contributed by atoms with Crippen LogP contribution in [0.4, 0.5) is 0 Å². The molecule has 62 valence electrons. The van der Waals surface area contributed by atoms with Gasteiger partial charge in [-0.05, 0) is 19.9 Å². The number of rotatable bonds is 0. The summed E-state index contributed by atoms with van der Waals surface area (Å²) < 4.78 is 5.12. The first-order valence-electron chi connectivity index (χ1n) is 3.80. The van der Waals surface area contributed by atoms with Gasteiger partial charge in [-0.2, -0.15) is 0 Å². The van der Waals surface area contributed by atoms with Gasteiger partial charge in [0.2, 0.25) is 0 Å². The molecule has 0 amide bonds. The monoisotopic (exact) mass is 163 g/mol. The maximum atomic E-state index is 11.2. The van der Waals surface area contributed by atoms with Gasteiger partial charge >= 0.3 is 5.97 Å². The second kappa shape index (κ2) is 2.06. The Bertz CT molecular complexity index is 344. The molecule has 0 unspecified atom stereocenters. The highest BCUT2D eigenvalue weighted by atomic mass is 16.6. The lowest BCUT2D eigenvalue weighted by Crippen LogP contribution is -2.15. The lowest BCUT2D eigenvalue weighted by Gasteiger charge is -2.16. The van der Waals surface area contributed by atoms with Crippen LogP contribution in [0.5, 0.6) is 0 Å². The molecule has 1 aliphatic rings. The van der Waals surface area contributed by atoms with Crippen LogP contribution in [-0.4, -0.2) is 11.0 Å². The van der Waals surface area contributed by atoms with Crippen LogP contribution in [0.1, 0.15) is 29.9 Å². The Balaban J connectivity index is 2.66. The number of aromatic nitrogens is 1. The minimum absolute atomic E-state index is 0.324. The summed E-state index contributed by atoms with van der Waals surface area (Å²) in [7, 11) is 0. The highest BCUT2D eigenvalue weighted by Crippen LogP contribution is 2.33. The Labute approximate surface area is 70.4 Å². The van der Waals surface area contributed by atoms with Crippen molar-refractivity contribution in [3.8, 4) is 0 Å². The SMILES string of the molecule is CC1(C)OC(=O)c2ncccc21. The minimum Gasteiger partial charge on any atom is -0.450 e. The normalized spacial score (nSPS) is 18.7. The Kier molecular flexibility index (Phi) is 1.25. The van der Waals surface area contributed by atoms with Crippen LogP contribution in [0, 0.1) is 0 Å². The van der Waals surface area contributed by atoms with E-state index in [0.29, 0.717) is 5.69 Å². The number of esters is 1. The summed E-state index contributed by atoms with van der Waals surface area (Å²) in [5.41, 5.74) is 0.804. The molecule has 3 heteroatoms. The predicted octanol–water partition coefficient (Wildman–Crippen LogP) is 1.49. The molecular formula is C9H9NO2. The van der Waals surface area contributed by atoms with Gasteiger partial charge in [-0.1, -0.05) is 6.07 Å². The minimum atomic E-state index is -0.513. The van der Waals surface area contributed by atoms with Gasteiger partial charge in [0.05, 0.1) is 0 Å². The van der Waals surface area contributed by atoms with Crippen molar-refractivity contribution in [2.45, 2.75) is 19.4 Å². The largest absolute Gasteiger partial charge is 0.450 e. The summed E-state index contributed by atoms with van der Waals surface area (Å²) in [4.78, 5) is 15.2. The van der Waals surface area contributed by atoms with E-state index in [9.17, 15) is 4.79 Å². The standard InChI is InChI=1S/C9H9NO2/c1-9(2)6-4-3-5-10-7(6)8(11)12-9/h3-5H,1-2H3. The van der Waals surface area contributed by atoms with E-state index in [4.69, 9.17) is 4.74 Å². The molecule has 0 bridgehead atoms. The molecule has 0 saturated carbocycles. The predicted molar refractivity (Wildman–Crippen MR) is 42.7 cm³/mol. The van der Waals surface area contributed by atoms with E-state index < -0.39 is 5.60 Å². The molecule has 1 aliphatic heterocycles. The third-order valence-electron chi connectivity index (χ3n) is 2.00. The molecule has 1 aromatic rings. The van der Waals surface area contributed by atoms with Crippen molar-refractivity contribution < 1.29 is 9.53 Å². The molecule has 0 spiro atoms. The van der Waals surface area contributed by atoms with E-state index in [-0.39, 0.29) is 5.97 Å². The van der Waals surface area contributed by atoms with Crippen LogP contribution < -0.4 is 0 Å². The first-order valence-corrected chi connectivity index (χ1v) is 3.80. The first kappa shape index (κ1) is 7.28. The fourth-order valence-corrected chi connectivity index (χ4v) is 1.39. The first-order chi connectivity index (χ1) is 5.61. The van der Waals surface area contributed by atoms with Gasteiger partial charge < -0.3 is 4.74 Å². The highest BCUT2D eigenvalue weighted by molar-refractivity contribution is 5.92. The number of pyridine rings is 1. The van der Waals surface area contributed by atoms with Gasteiger partial charge in [0.1, 0.15) is 5.60 Å². The van der Waals surface area contributed by atoms with Crippen molar-refractivity contribution in [2.24, 2.45) is 0 Å². The molecule has 0 saturated heterocycles. The molecule has 1 aromatic heterocycles. The molecule has 2 heterocycles. The van der Waals surface area contributed by atoms with Crippen LogP contribution >= 0.6 is 0 Å². The van der Waals surface area contributed by atoms with E-state index in [1.165, 1.54) is 0 Å². The van der Waals surface area contributed by atoms with Crippen LogP contribution in [0.15, 0.2) is 18.3 Å². The highest BCUT2D eigenvalue weighted by Gasteiger charge is 2.38. The molecule has 3 nitrogen and oxygen atoms in total. The third-order valence-corrected chi connectivity index (χ3v) is 2.00. The average Bonchev–Trinajstić information content (AvgIpc) is 2.25. The van der Waals surface area contributed by atoms with E-state index in [1.54, 1.807) is 6.20 Å². The van der Waals surface area contributed by atoms with Gasteiger partial charge in [-0.25, -0.2) is 9.78 Å². The molecule has 0 aliphatic carbocycles. The number of hydrogen-bond acceptors (Lipinski definition) is 3. The summed E-state index contributed by atoms with van der Waals surface area (Å²) in [5, 5.41) is 0. The fourth-order valence-electron chi connectivity index (χ4n) is 1.39. The quantitative estimate of drug-likeness (QED) is 0.544. The number of hydrogen-bond donors (Lipinski definition) is 0. The van der Waals surface area contributed by atoms with Crippen LogP contribution in [-0.2, 0) is 10.3 Å². The van der Waals surface area contributed by atoms with Crippen molar-refractivity contribution in [2.75, 3.05) is 0 Å². The zero-order chi connectivity index (χ0) is 8.77. The second-order valence-corrected chi connectivity index (χ2v) is 3.30. The summed E-state index contributed by atoms with van der Waals surface area (Å²) in [5.74, 6) is -0.324. The zero-order valence-corrected chi connectivity index (χ0v) is 7.00. The van der Waals surface area contributed by atoms with Crippen molar-refractivity contribution in [3.63, 3.8) is 0 Å². The second-order valence-electron chi connectivity index (χ2n) is 3.30. The van der Waals surface area contributed by atoms with Gasteiger partial charge in [0.15, 0.2) is 5.69 Å².